The topological polar surface area (TPSA) is 93.2 Å². The number of hydrogen-bond acceptors (Lipinski definition) is 5. The number of nitrogens with one attached hydrogen (secondary N) is 1. The lowest BCUT2D eigenvalue weighted by Gasteiger charge is -2.37. The third-order valence-electron chi connectivity index (χ3n) is 4.84. The van der Waals surface area contributed by atoms with Gasteiger partial charge in [-0.05, 0) is 31.2 Å². The summed E-state index contributed by atoms with van der Waals surface area (Å²) in [5.74, 6) is -1.65. The second-order valence-corrected chi connectivity index (χ2v) is 6.81. The van der Waals surface area contributed by atoms with Crippen LogP contribution in [-0.4, -0.2) is 84.5 Å². The van der Waals surface area contributed by atoms with Crippen molar-refractivity contribution in [2.75, 3.05) is 50.7 Å². The number of amides is 2. The number of hydrogen-bond donors (Lipinski definition) is 2. The van der Waals surface area contributed by atoms with Crippen molar-refractivity contribution in [1.29, 1.82) is 0 Å². The van der Waals surface area contributed by atoms with Crippen LogP contribution in [0.3, 0.4) is 0 Å². The molecule has 0 radical (unpaired) electrons. The van der Waals surface area contributed by atoms with Crippen LogP contribution in [0.5, 0.6) is 0 Å². The third-order valence-corrected chi connectivity index (χ3v) is 4.84. The van der Waals surface area contributed by atoms with E-state index < -0.39 is 12.0 Å². The van der Waals surface area contributed by atoms with Gasteiger partial charge in [0, 0.05) is 51.9 Å². The summed E-state index contributed by atoms with van der Waals surface area (Å²) in [7, 11) is 0. The summed E-state index contributed by atoms with van der Waals surface area (Å²) in [5.41, 5.74) is 0.907. The van der Waals surface area contributed by atoms with E-state index >= 15 is 0 Å². The Morgan fingerprint density at radius 1 is 1.18 bits per heavy atom. The molecule has 1 aliphatic rings. The minimum atomic E-state index is -1.02. The van der Waals surface area contributed by atoms with E-state index in [4.69, 9.17) is 0 Å². The first-order valence-electron chi connectivity index (χ1n) is 9.27. The fourth-order valence-electron chi connectivity index (χ4n) is 3.08. The van der Waals surface area contributed by atoms with Gasteiger partial charge >= 0.3 is 5.97 Å². The second kappa shape index (κ2) is 10.0. The van der Waals surface area contributed by atoms with Crippen molar-refractivity contribution in [3.05, 3.63) is 30.1 Å². The fraction of sp³-hybridized carbons (Fsp3) is 0.526. The average molecular weight is 394 g/mol. The summed E-state index contributed by atoms with van der Waals surface area (Å²) in [6, 6.07) is 5.41. The maximum absolute atomic E-state index is 13.1. The van der Waals surface area contributed by atoms with Crippen LogP contribution in [0.4, 0.5) is 10.1 Å². The summed E-state index contributed by atoms with van der Waals surface area (Å²) in [5, 5.41) is 11.9. The van der Waals surface area contributed by atoms with Crippen LogP contribution in [0, 0.1) is 5.82 Å². The zero-order valence-corrected chi connectivity index (χ0v) is 16.2. The van der Waals surface area contributed by atoms with E-state index in [9.17, 15) is 23.9 Å². The van der Waals surface area contributed by atoms with E-state index in [0.29, 0.717) is 26.2 Å². The van der Waals surface area contributed by atoms with Crippen molar-refractivity contribution >= 4 is 23.5 Å². The molecular formula is C19H27FN4O4. The Balaban J connectivity index is 1.89. The highest BCUT2D eigenvalue weighted by molar-refractivity contribution is 5.80. The van der Waals surface area contributed by atoms with Crippen molar-refractivity contribution < 1.29 is 23.9 Å². The highest BCUT2D eigenvalue weighted by atomic mass is 19.1. The molecule has 0 aromatic heterocycles. The number of anilines is 1. The lowest BCUT2D eigenvalue weighted by Crippen LogP contribution is -2.53. The molecule has 154 valence electrons. The molecule has 9 heteroatoms. The molecule has 1 fully saturated rings. The highest BCUT2D eigenvalue weighted by Gasteiger charge is 2.27. The Morgan fingerprint density at radius 2 is 1.79 bits per heavy atom. The van der Waals surface area contributed by atoms with Gasteiger partial charge in [-0.3, -0.25) is 19.3 Å². The lowest BCUT2D eigenvalue weighted by molar-refractivity contribution is -0.144. The van der Waals surface area contributed by atoms with E-state index in [1.54, 1.807) is 21.9 Å². The third kappa shape index (κ3) is 6.19. The van der Waals surface area contributed by atoms with Crippen LogP contribution >= 0.6 is 0 Å². The van der Waals surface area contributed by atoms with Gasteiger partial charge in [0.2, 0.25) is 11.8 Å². The van der Waals surface area contributed by atoms with Crippen LogP contribution in [0.15, 0.2) is 24.3 Å². The first-order chi connectivity index (χ1) is 13.3. The Morgan fingerprint density at radius 3 is 2.32 bits per heavy atom. The molecule has 1 aromatic carbocycles. The molecule has 1 saturated heterocycles. The first-order valence-corrected chi connectivity index (χ1v) is 9.27. The molecule has 1 aliphatic heterocycles. The SMILES string of the molecule is CC(=O)NCCN(CC(=O)N1CCN(c2ccc(F)cc2)CC1)C(C)C(=O)O. The summed E-state index contributed by atoms with van der Waals surface area (Å²) < 4.78 is 13.1. The van der Waals surface area contributed by atoms with Crippen molar-refractivity contribution in [2.45, 2.75) is 19.9 Å². The number of carboxylic acids is 1. The zero-order valence-electron chi connectivity index (χ0n) is 16.2. The number of halogens is 1. The van der Waals surface area contributed by atoms with Gasteiger partial charge < -0.3 is 20.2 Å². The number of aliphatic carboxylic acids is 1. The van der Waals surface area contributed by atoms with Gasteiger partial charge in [0.05, 0.1) is 6.54 Å². The summed E-state index contributed by atoms with van der Waals surface area (Å²) >= 11 is 0. The molecule has 0 spiro atoms. The number of carbonyl (C=O) groups is 3. The van der Waals surface area contributed by atoms with Gasteiger partial charge in [0.25, 0.3) is 0 Å². The molecule has 1 atom stereocenters. The monoisotopic (exact) mass is 394 g/mol. The maximum Gasteiger partial charge on any atom is 0.320 e. The van der Waals surface area contributed by atoms with Crippen molar-refractivity contribution in [2.24, 2.45) is 0 Å². The molecule has 0 aliphatic carbocycles. The van der Waals surface area contributed by atoms with Crippen molar-refractivity contribution in [3.8, 4) is 0 Å². The lowest BCUT2D eigenvalue weighted by atomic mass is 10.2. The van der Waals surface area contributed by atoms with Crippen LogP contribution in [-0.2, 0) is 14.4 Å². The van der Waals surface area contributed by atoms with E-state index in [0.717, 1.165) is 5.69 Å². The van der Waals surface area contributed by atoms with Crippen LogP contribution in [0.1, 0.15) is 13.8 Å². The Kier molecular flexibility index (Phi) is 7.74. The fourth-order valence-corrected chi connectivity index (χ4v) is 3.08. The summed E-state index contributed by atoms with van der Waals surface area (Å²) in [6.45, 7) is 5.70. The predicted molar refractivity (Wildman–Crippen MR) is 103 cm³/mol. The Labute approximate surface area is 163 Å². The summed E-state index contributed by atoms with van der Waals surface area (Å²) in [6.07, 6.45) is 0. The smallest absolute Gasteiger partial charge is 0.320 e. The minimum Gasteiger partial charge on any atom is -0.480 e. The van der Waals surface area contributed by atoms with Crippen molar-refractivity contribution in [1.82, 2.24) is 15.1 Å². The number of rotatable bonds is 8. The predicted octanol–water partition coefficient (Wildman–Crippen LogP) is 0.386. The molecule has 2 N–H and O–H groups in total. The summed E-state index contributed by atoms with van der Waals surface area (Å²) in [4.78, 5) is 40.3. The Bertz CT molecular complexity index is 690. The molecule has 0 bridgehead atoms. The van der Waals surface area contributed by atoms with Gasteiger partial charge in [-0.15, -0.1) is 0 Å². The van der Waals surface area contributed by atoms with E-state index in [2.05, 4.69) is 10.2 Å². The highest BCUT2D eigenvalue weighted by Crippen LogP contribution is 2.17. The number of piperazine rings is 1. The molecule has 8 nitrogen and oxygen atoms in total. The molecule has 1 heterocycles. The quantitative estimate of drug-likeness (QED) is 0.663. The molecular weight excluding hydrogens is 367 g/mol. The maximum atomic E-state index is 13.1. The van der Waals surface area contributed by atoms with Crippen LogP contribution in [0.25, 0.3) is 0 Å². The van der Waals surface area contributed by atoms with Gasteiger partial charge in [-0.2, -0.15) is 0 Å². The standard InChI is InChI=1S/C19H27FN4O4/c1-14(19(27)28)24(8-7-21-15(2)25)13-18(26)23-11-9-22(10-12-23)17-5-3-16(20)4-6-17/h3-6,14H,7-13H2,1-2H3,(H,21,25)(H,27,28). The zero-order chi connectivity index (χ0) is 20.7. The van der Waals surface area contributed by atoms with Gasteiger partial charge in [-0.25, -0.2) is 4.39 Å². The molecule has 2 rings (SSSR count). The molecule has 2 amide bonds. The van der Waals surface area contributed by atoms with E-state index in [1.165, 1.54) is 26.0 Å². The largest absolute Gasteiger partial charge is 0.480 e. The first kappa shape index (κ1) is 21.6. The molecule has 0 saturated carbocycles. The number of carboxylic acid groups (broad SMARTS) is 1. The van der Waals surface area contributed by atoms with E-state index in [1.807, 2.05) is 0 Å². The average Bonchev–Trinajstić information content (AvgIpc) is 2.67. The number of carbonyl (C=O) groups excluding carboxylic acids is 2. The van der Waals surface area contributed by atoms with Gasteiger partial charge in [0.1, 0.15) is 11.9 Å². The number of benzene rings is 1. The minimum absolute atomic E-state index is 0.0242. The normalized spacial score (nSPS) is 15.4. The van der Waals surface area contributed by atoms with Crippen molar-refractivity contribution in [3.63, 3.8) is 0 Å². The van der Waals surface area contributed by atoms with E-state index in [-0.39, 0.29) is 37.3 Å². The van der Waals surface area contributed by atoms with Crippen LogP contribution in [0.2, 0.25) is 0 Å². The number of nitrogens with zero attached hydrogens (tertiary/aromatic N) is 3. The second-order valence-electron chi connectivity index (χ2n) is 6.81. The van der Waals surface area contributed by atoms with Crippen LogP contribution < -0.4 is 10.2 Å². The molecule has 28 heavy (non-hydrogen) atoms. The van der Waals surface area contributed by atoms with Gasteiger partial charge in [-0.1, -0.05) is 0 Å². The molecule has 1 unspecified atom stereocenters. The van der Waals surface area contributed by atoms with Gasteiger partial charge in [0.15, 0.2) is 0 Å². The molecule has 1 aromatic rings. The Hall–Kier alpha value is -2.68.